The number of benzene rings is 1. The van der Waals surface area contributed by atoms with Crippen molar-refractivity contribution in [2.75, 3.05) is 11.9 Å². The second kappa shape index (κ2) is 4.98. The van der Waals surface area contributed by atoms with Crippen molar-refractivity contribution in [3.8, 4) is 0 Å². The minimum absolute atomic E-state index is 0.0468. The molecule has 98 valence electrons. The van der Waals surface area contributed by atoms with Crippen LogP contribution < -0.4 is 4.90 Å². The first-order chi connectivity index (χ1) is 9.15. The Morgan fingerprint density at radius 3 is 2.95 bits per heavy atom. The Labute approximate surface area is 119 Å². The van der Waals surface area contributed by atoms with Gasteiger partial charge in [0, 0.05) is 24.1 Å². The predicted octanol–water partition coefficient (Wildman–Crippen LogP) is 3.95. The Morgan fingerprint density at radius 2 is 2.21 bits per heavy atom. The molecule has 0 fully saturated rings. The van der Waals surface area contributed by atoms with Gasteiger partial charge in [0.25, 0.3) is 0 Å². The van der Waals surface area contributed by atoms with Crippen LogP contribution in [0.1, 0.15) is 12.0 Å². The number of carbonyl (C=O) groups excluding carboxylic acids is 1. The molecule has 0 saturated carbocycles. The molecule has 0 atom stereocenters. The lowest BCUT2D eigenvalue weighted by Crippen LogP contribution is -2.31. The molecule has 19 heavy (non-hydrogen) atoms. The highest BCUT2D eigenvalue weighted by molar-refractivity contribution is 8.01. The van der Waals surface area contributed by atoms with Crippen molar-refractivity contribution in [2.45, 2.75) is 21.9 Å². The molecular formula is C14H12FNOS2. The number of hydrogen-bond donors (Lipinski definition) is 0. The van der Waals surface area contributed by atoms with Crippen LogP contribution in [0.15, 0.2) is 38.8 Å². The SMILES string of the molecule is CN1C(=O)CCc2cc(Sc3cccs3)c(F)cc21. The van der Waals surface area contributed by atoms with Gasteiger partial charge in [-0.2, -0.15) is 0 Å². The van der Waals surface area contributed by atoms with Gasteiger partial charge in [-0.1, -0.05) is 17.8 Å². The van der Waals surface area contributed by atoms with Crippen molar-refractivity contribution in [3.05, 3.63) is 41.0 Å². The molecule has 2 nitrogen and oxygen atoms in total. The van der Waals surface area contributed by atoms with Crippen LogP contribution in [0.3, 0.4) is 0 Å². The summed E-state index contributed by atoms with van der Waals surface area (Å²) in [4.78, 5) is 13.8. The molecule has 2 aromatic rings. The number of carbonyl (C=O) groups is 1. The lowest BCUT2D eigenvalue weighted by atomic mass is 10.0. The molecule has 1 amide bonds. The Hall–Kier alpha value is -1.33. The predicted molar refractivity (Wildman–Crippen MR) is 76.6 cm³/mol. The molecule has 0 bridgehead atoms. The maximum absolute atomic E-state index is 14.1. The number of rotatable bonds is 2. The Bertz CT molecular complexity index is 625. The number of amides is 1. The molecule has 1 aliphatic heterocycles. The fourth-order valence-corrected chi connectivity index (χ4v) is 3.95. The van der Waals surface area contributed by atoms with Gasteiger partial charge in [-0.15, -0.1) is 11.3 Å². The van der Waals surface area contributed by atoms with Gasteiger partial charge in [0.2, 0.25) is 5.91 Å². The highest BCUT2D eigenvalue weighted by Crippen LogP contribution is 2.37. The zero-order valence-corrected chi connectivity index (χ0v) is 12.0. The second-order valence-electron chi connectivity index (χ2n) is 4.40. The number of nitrogens with zero attached hydrogens (tertiary/aromatic N) is 1. The molecule has 0 aliphatic carbocycles. The van der Waals surface area contributed by atoms with Crippen molar-refractivity contribution < 1.29 is 9.18 Å². The van der Waals surface area contributed by atoms with Crippen LogP contribution in [0.25, 0.3) is 0 Å². The molecule has 0 unspecified atom stereocenters. The highest BCUT2D eigenvalue weighted by Gasteiger charge is 2.23. The number of thiophene rings is 1. The van der Waals surface area contributed by atoms with Gasteiger partial charge >= 0.3 is 0 Å². The zero-order valence-electron chi connectivity index (χ0n) is 10.4. The fraction of sp³-hybridized carbons (Fsp3) is 0.214. The first-order valence-corrected chi connectivity index (χ1v) is 7.65. The molecule has 0 spiro atoms. The first kappa shape index (κ1) is 12.7. The van der Waals surface area contributed by atoms with E-state index in [1.807, 2.05) is 23.6 Å². The van der Waals surface area contributed by atoms with E-state index in [4.69, 9.17) is 0 Å². The minimum Gasteiger partial charge on any atom is -0.315 e. The van der Waals surface area contributed by atoms with Crippen LogP contribution >= 0.6 is 23.1 Å². The van der Waals surface area contributed by atoms with Gasteiger partial charge < -0.3 is 4.90 Å². The van der Waals surface area contributed by atoms with E-state index in [0.29, 0.717) is 23.4 Å². The van der Waals surface area contributed by atoms with E-state index in [9.17, 15) is 9.18 Å². The largest absolute Gasteiger partial charge is 0.315 e. The second-order valence-corrected chi connectivity index (χ2v) is 6.69. The monoisotopic (exact) mass is 293 g/mol. The van der Waals surface area contributed by atoms with E-state index in [1.54, 1.807) is 23.3 Å². The summed E-state index contributed by atoms with van der Waals surface area (Å²) in [7, 11) is 1.70. The van der Waals surface area contributed by atoms with Crippen LogP contribution in [0.5, 0.6) is 0 Å². The molecular weight excluding hydrogens is 281 g/mol. The zero-order chi connectivity index (χ0) is 13.4. The first-order valence-electron chi connectivity index (χ1n) is 5.95. The third kappa shape index (κ3) is 2.40. The van der Waals surface area contributed by atoms with Gasteiger partial charge in [-0.05, 0) is 35.6 Å². The lowest BCUT2D eigenvalue weighted by molar-refractivity contribution is -0.118. The molecule has 1 aromatic heterocycles. The van der Waals surface area contributed by atoms with Crippen molar-refractivity contribution in [1.29, 1.82) is 0 Å². The van der Waals surface area contributed by atoms with Gasteiger partial charge in [0.1, 0.15) is 5.82 Å². The van der Waals surface area contributed by atoms with Crippen molar-refractivity contribution >= 4 is 34.7 Å². The summed E-state index contributed by atoms with van der Waals surface area (Å²) in [6.07, 6.45) is 1.19. The van der Waals surface area contributed by atoms with Gasteiger partial charge in [0.05, 0.1) is 4.21 Å². The number of halogens is 1. The Balaban J connectivity index is 1.98. The molecule has 0 radical (unpaired) electrons. The van der Waals surface area contributed by atoms with Gasteiger partial charge in [-0.25, -0.2) is 4.39 Å². The number of anilines is 1. The molecule has 2 heterocycles. The van der Waals surface area contributed by atoms with E-state index < -0.39 is 0 Å². The van der Waals surface area contributed by atoms with Crippen LogP contribution in [0, 0.1) is 5.82 Å². The molecule has 3 rings (SSSR count). The quantitative estimate of drug-likeness (QED) is 0.835. The normalized spacial score (nSPS) is 14.6. The summed E-state index contributed by atoms with van der Waals surface area (Å²) >= 11 is 3.03. The number of aryl methyl sites for hydroxylation is 1. The smallest absolute Gasteiger partial charge is 0.227 e. The third-order valence-corrected chi connectivity index (χ3v) is 5.25. The van der Waals surface area contributed by atoms with Crippen LogP contribution in [-0.2, 0) is 11.2 Å². The summed E-state index contributed by atoms with van der Waals surface area (Å²) in [5, 5.41) is 1.98. The van der Waals surface area contributed by atoms with E-state index in [-0.39, 0.29) is 11.7 Å². The number of hydrogen-bond acceptors (Lipinski definition) is 3. The number of fused-ring (bicyclic) bond motifs is 1. The average molecular weight is 293 g/mol. The summed E-state index contributed by atoms with van der Waals surface area (Å²) in [5.41, 5.74) is 1.74. The summed E-state index contributed by atoms with van der Waals surface area (Å²) in [6.45, 7) is 0. The van der Waals surface area contributed by atoms with Crippen LogP contribution in [0.2, 0.25) is 0 Å². The molecule has 1 aromatic carbocycles. The maximum Gasteiger partial charge on any atom is 0.227 e. The molecule has 1 aliphatic rings. The average Bonchev–Trinajstić information content (AvgIpc) is 2.89. The summed E-state index contributed by atoms with van der Waals surface area (Å²) in [6, 6.07) is 7.28. The van der Waals surface area contributed by atoms with E-state index in [0.717, 1.165) is 9.77 Å². The van der Waals surface area contributed by atoms with Crippen molar-refractivity contribution in [2.24, 2.45) is 0 Å². The summed E-state index contributed by atoms with van der Waals surface area (Å²) < 4.78 is 15.2. The lowest BCUT2D eigenvalue weighted by Gasteiger charge is -2.26. The fourth-order valence-electron chi connectivity index (χ4n) is 2.15. The molecule has 0 saturated heterocycles. The highest BCUT2D eigenvalue weighted by atomic mass is 32.2. The Morgan fingerprint density at radius 1 is 1.37 bits per heavy atom. The van der Waals surface area contributed by atoms with Crippen molar-refractivity contribution in [1.82, 2.24) is 0 Å². The third-order valence-electron chi connectivity index (χ3n) is 3.18. The van der Waals surface area contributed by atoms with E-state index >= 15 is 0 Å². The van der Waals surface area contributed by atoms with Crippen molar-refractivity contribution in [3.63, 3.8) is 0 Å². The van der Waals surface area contributed by atoms with Gasteiger partial charge in [0.15, 0.2) is 0 Å². The van der Waals surface area contributed by atoms with Crippen LogP contribution in [0.4, 0.5) is 10.1 Å². The van der Waals surface area contributed by atoms with Gasteiger partial charge in [-0.3, -0.25) is 4.79 Å². The summed E-state index contributed by atoms with van der Waals surface area (Å²) in [5.74, 6) is -0.218. The van der Waals surface area contributed by atoms with Crippen LogP contribution in [-0.4, -0.2) is 13.0 Å². The minimum atomic E-state index is -0.265. The van der Waals surface area contributed by atoms with E-state index in [2.05, 4.69) is 0 Å². The van der Waals surface area contributed by atoms with E-state index in [1.165, 1.54) is 17.8 Å². The Kier molecular flexibility index (Phi) is 3.33. The topological polar surface area (TPSA) is 20.3 Å². The standard InChI is InChI=1S/C14H12FNOS2/c1-16-11-8-10(15)12(19-14-3-2-6-18-14)7-9(11)4-5-13(16)17/h2-3,6-8H,4-5H2,1H3. The molecule has 5 heteroatoms. The maximum atomic E-state index is 14.1. The molecule has 0 N–H and O–H groups in total.